The van der Waals surface area contributed by atoms with Gasteiger partial charge in [0.2, 0.25) is 10.0 Å². The SMILES string of the molecule is CCC(C#N)N1CCN(S(=O)(=O)c2c(C)n[nH]c2C)CC1. The lowest BCUT2D eigenvalue weighted by atomic mass is 10.2. The van der Waals surface area contributed by atoms with Crippen LogP contribution in [0.15, 0.2) is 4.90 Å². The van der Waals surface area contributed by atoms with E-state index in [1.54, 1.807) is 13.8 Å². The summed E-state index contributed by atoms with van der Waals surface area (Å²) in [6.45, 7) is 7.36. The monoisotopic (exact) mass is 311 g/mol. The van der Waals surface area contributed by atoms with Crippen LogP contribution in [-0.2, 0) is 10.0 Å². The van der Waals surface area contributed by atoms with Gasteiger partial charge in [0.25, 0.3) is 0 Å². The lowest BCUT2D eigenvalue weighted by Gasteiger charge is -2.35. The third-order valence-corrected chi connectivity index (χ3v) is 6.07. The molecule has 1 N–H and O–H groups in total. The standard InChI is InChI=1S/C13H21N5O2S/c1-4-12(9-14)17-5-7-18(8-6-17)21(19,20)13-10(2)15-16-11(13)3/h12H,4-8H2,1-3H3,(H,15,16). The van der Waals surface area contributed by atoms with E-state index in [0.29, 0.717) is 37.6 Å². The lowest BCUT2D eigenvalue weighted by Crippen LogP contribution is -2.51. The third kappa shape index (κ3) is 2.95. The maximum Gasteiger partial charge on any atom is 0.246 e. The highest BCUT2D eigenvalue weighted by atomic mass is 32.2. The summed E-state index contributed by atoms with van der Waals surface area (Å²) in [4.78, 5) is 2.32. The number of aromatic amines is 1. The average molecular weight is 311 g/mol. The predicted molar refractivity (Wildman–Crippen MR) is 78.1 cm³/mol. The van der Waals surface area contributed by atoms with Gasteiger partial charge < -0.3 is 0 Å². The van der Waals surface area contributed by atoms with E-state index < -0.39 is 10.0 Å². The van der Waals surface area contributed by atoms with Gasteiger partial charge in [0, 0.05) is 26.2 Å². The second kappa shape index (κ2) is 6.13. The van der Waals surface area contributed by atoms with Gasteiger partial charge in [-0.2, -0.15) is 14.7 Å². The first-order valence-electron chi connectivity index (χ1n) is 7.07. The minimum atomic E-state index is -3.51. The van der Waals surface area contributed by atoms with E-state index in [-0.39, 0.29) is 10.9 Å². The minimum absolute atomic E-state index is 0.132. The first-order chi connectivity index (χ1) is 9.91. The average Bonchev–Trinajstić information content (AvgIpc) is 2.80. The maximum atomic E-state index is 12.7. The minimum Gasteiger partial charge on any atom is -0.285 e. The number of sulfonamides is 1. The van der Waals surface area contributed by atoms with Crippen LogP contribution in [0.3, 0.4) is 0 Å². The van der Waals surface area contributed by atoms with Crippen LogP contribution >= 0.6 is 0 Å². The summed E-state index contributed by atoms with van der Waals surface area (Å²) in [6, 6.07) is 2.13. The molecule has 1 unspecified atom stereocenters. The Labute approximate surface area is 125 Å². The Bertz CT molecular complexity index is 619. The van der Waals surface area contributed by atoms with E-state index in [4.69, 9.17) is 5.26 Å². The Morgan fingerprint density at radius 1 is 1.33 bits per heavy atom. The van der Waals surface area contributed by atoms with Crippen molar-refractivity contribution in [2.24, 2.45) is 0 Å². The van der Waals surface area contributed by atoms with Crippen molar-refractivity contribution in [3.8, 4) is 6.07 Å². The quantitative estimate of drug-likeness (QED) is 0.880. The molecule has 0 spiro atoms. The van der Waals surface area contributed by atoms with Crippen molar-refractivity contribution in [3.05, 3.63) is 11.4 Å². The van der Waals surface area contributed by atoms with Crippen molar-refractivity contribution in [3.63, 3.8) is 0 Å². The molecule has 0 aliphatic carbocycles. The number of nitriles is 1. The topological polar surface area (TPSA) is 93.1 Å². The van der Waals surface area contributed by atoms with Gasteiger partial charge in [-0.05, 0) is 20.3 Å². The summed E-state index contributed by atoms with van der Waals surface area (Å²) >= 11 is 0. The zero-order chi connectivity index (χ0) is 15.6. The van der Waals surface area contributed by atoms with Gasteiger partial charge in [0.1, 0.15) is 4.90 Å². The Hall–Kier alpha value is -1.43. The van der Waals surface area contributed by atoms with E-state index in [1.165, 1.54) is 4.31 Å². The molecule has 2 heterocycles. The van der Waals surface area contributed by atoms with E-state index in [0.717, 1.165) is 6.42 Å². The normalized spacial score (nSPS) is 19.3. The molecule has 0 bridgehead atoms. The number of nitrogens with zero attached hydrogens (tertiary/aromatic N) is 4. The van der Waals surface area contributed by atoms with Gasteiger partial charge >= 0.3 is 0 Å². The van der Waals surface area contributed by atoms with Gasteiger partial charge in [0.05, 0.1) is 23.5 Å². The van der Waals surface area contributed by atoms with Crippen LogP contribution in [-0.4, -0.2) is 60.0 Å². The summed E-state index contributed by atoms with van der Waals surface area (Å²) in [5, 5.41) is 15.8. The second-order valence-electron chi connectivity index (χ2n) is 5.26. The Kier molecular flexibility index (Phi) is 4.66. The van der Waals surface area contributed by atoms with Crippen LogP contribution in [0, 0.1) is 25.2 Å². The van der Waals surface area contributed by atoms with Gasteiger partial charge in [0.15, 0.2) is 0 Å². The molecular formula is C13H21N5O2S. The Morgan fingerprint density at radius 2 is 1.95 bits per heavy atom. The van der Waals surface area contributed by atoms with Gasteiger partial charge in [-0.25, -0.2) is 8.42 Å². The van der Waals surface area contributed by atoms with Crippen molar-refractivity contribution in [2.75, 3.05) is 26.2 Å². The maximum absolute atomic E-state index is 12.7. The van der Waals surface area contributed by atoms with Crippen LogP contribution < -0.4 is 0 Å². The first kappa shape index (κ1) is 15.9. The number of aryl methyl sites for hydroxylation is 2. The molecule has 1 aliphatic rings. The fourth-order valence-corrected chi connectivity index (χ4v) is 4.49. The van der Waals surface area contributed by atoms with Crippen LogP contribution in [0.25, 0.3) is 0 Å². The molecule has 8 heteroatoms. The Balaban J connectivity index is 2.14. The zero-order valence-electron chi connectivity index (χ0n) is 12.6. The number of rotatable bonds is 4. The predicted octanol–water partition coefficient (Wildman–Crippen LogP) is 0.635. The summed E-state index contributed by atoms with van der Waals surface area (Å²) in [7, 11) is -3.51. The zero-order valence-corrected chi connectivity index (χ0v) is 13.4. The molecule has 1 aliphatic heterocycles. The van der Waals surface area contributed by atoms with E-state index in [1.807, 2.05) is 11.8 Å². The fraction of sp³-hybridized carbons (Fsp3) is 0.692. The molecule has 116 valence electrons. The summed E-state index contributed by atoms with van der Waals surface area (Å²) in [5.74, 6) is 0. The van der Waals surface area contributed by atoms with Crippen molar-refractivity contribution in [1.29, 1.82) is 5.26 Å². The molecular weight excluding hydrogens is 290 g/mol. The molecule has 1 fully saturated rings. The lowest BCUT2D eigenvalue weighted by molar-refractivity contribution is 0.159. The summed E-state index contributed by atoms with van der Waals surface area (Å²) in [6.07, 6.45) is 0.753. The van der Waals surface area contributed by atoms with Gasteiger partial charge in [-0.3, -0.25) is 10.00 Å². The Morgan fingerprint density at radius 3 is 2.38 bits per heavy atom. The van der Waals surface area contributed by atoms with Crippen LogP contribution in [0.1, 0.15) is 24.7 Å². The largest absolute Gasteiger partial charge is 0.285 e. The molecule has 1 aromatic heterocycles. The van der Waals surface area contributed by atoms with Gasteiger partial charge in [-0.1, -0.05) is 6.92 Å². The number of hydrogen-bond acceptors (Lipinski definition) is 5. The number of nitrogens with one attached hydrogen (secondary N) is 1. The molecule has 2 rings (SSSR count). The molecule has 1 atom stereocenters. The number of piperazine rings is 1. The summed E-state index contributed by atoms with van der Waals surface area (Å²) < 4.78 is 26.9. The molecule has 0 radical (unpaired) electrons. The highest BCUT2D eigenvalue weighted by Gasteiger charge is 2.33. The second-order valence-corrected chi connectivity index (χ2v) is 7.13. The van der Waals surface area contributed by atoms with E-state index in [9.17, 15) is 8.42 Å². The van der Waals surface area contributed by atoms with Crippen molar-refractivity contribution >= 4 is 10.0 Å². The highest BCUT2D eigenvalue weighted by Crippen LogP contribution is 2.23. The molecule has 21 heavy (non-hydrogen) atoms. The van der Waals surface area contributed by atoms with E-state index >= 15 is 0 Å². The highest BCUT2D eigenvalue weighted by molar-refractivity contribution is 7.89. The molecule has 1 aromatic rings. The molecule has 1 saturated heterocycles. The number of H-pyrrole nitrogens is 1. The van der Waals surface area contributed by atoms with Crippen LogP contribution in [0.5, 0.6) is 0 Å². The molecule has 0 saturated carbocycles. The van der Waals surface area contributed by atoms with Crippen molar-refractivity contribution in [1.82, 2.24) is 19.4 Å². The van der Waals surface area contributed by atoms with Crippen LogP contribution in [0.2, 0.25) is 0 Å². The van der Waals surface area contributed by atoms with Crippen molar-refractivity contribution in [2.45, 2.75) is 38.1 Å². The number of hydrogen-bond donors (Lipinski definition) is 1. The van der Waals surface area contributed by atoms with Crippen molar-refractivity contribution < 1.29 is 8.42 Å². The smallest absolute Gasteiger partial charge is 0.246 e. The number of aromatic nitrogens is 2. The fourth-order valence-electron chi connectivity index (χ4n) is 2.74. The third-order valence-electron chi connectivity index (χ3n) is 3.91. The molecule has 7 nitrogen and oxygen atoms in total. The first-order valence-corrected chi connectivity index (χ1v) is 8.51. The van der Waals surface area contributed by atoms with Gasteiger partial charge in [-0.15, -0.1) is 0 Å². The van der Waals surface area contributed by atoms with E-state index in [2.05, 4.69) is 16.3 Å². The molecule has 0 amide bonds. The van der Waals surface area contributed by atoms with Crippen LogP contribution in [0.4, 0.5) is 0 Å². The summed E-state index contributed by atoms with van der Waals surface area (Å²) in [5.41, 5.74) is 1.07. The molecule has 0 aromatic carbocycles.